The van der Waals surface area contributed by atoms with Gasteiger partial charge < -0.3 is 18.9 Å². The lowest BCUT2D eigenvalue weighted by molar-refractivity contribution is 0.0893. The highest BCUT2D eigenvalue weighted by Crippen LogP contribution is 2.26. The molecule has 4 heteroatoms. The van der Waals surface area contributed by atoms with Gasteiger partial charge in [-0.05, 0) is 86.3 Å². The van der Waals surface area contributed by atoms with Gasteiger partial charge >= 0.3 is 0 Å². The Morgan fingerprint density at radius 3 is 1.35 bits per heavy atom. The fraction of sp³-hybridized carbons (Fsp3) is 0.727. The quantitative estimate of drug-likeness (QED) is 0.0728. The highest BCUT2D eigenvalue weighted by molar-refractivity contribution is 5.64. The minimum atomic E-state index is 0.147. The summed E-state index contributed by atoms with van der Waals surface area (Å²) in [4.78, 5) is 0. The Balaban J connectivity index is 1.53. The average molecular weight is 667 g/mol. The molecule has 2 aromatic carbocycles. The van der Waals surface area contributed by atoms with Crippen LogP contribution in [-0.4, -0.2) is 39.1 Å². The summed E-state index contributed by atoms with van der Waals surface area (Å²) in [5.41, 5.74) is 2.37. The second-order valence-corrected chi connectivity index (χ2v) is 14.3. The maximum atomic E-state index is 6.28. The molecule has 0 aromatic heterocycles. The molecular formula is C44H74O4. The molecule has 0 saturated heterocycles. The smallest absolute Gasteiger partial charge is 0.119 e. The lowest BCUT2D eigenvalue weighted by Crippen LogP contribution is -2.22. The van der Waals surface area contributed by atoms with Crippen LogP contribution in [0.4, 0.5) is 0 Å². The van der Waals surface area contributed by atoms with Crippen molar-refractivity contribution in [3.63, 3.8) is 0 Å². The van der Waals surface area contributed by atoms with E-state index in [0.29, 0.717) is 11.8 Å². The van der Waals surface area contributed by atoms with E-state index in [4.69, 9.17) is 18.9 Å². The third-order valence-corrected chi connectivity index (χ3v) is 9.80. The largest absolute Gasteiger partial charge is 0.494 e. The fourth-order valence-corrected chi connectivity index (χ4v) is 5.99. The number of unbranched alkanes of at least 4 members (excludes halogenated alkanes) is 14. The summed E-state index contributed by atoms with van der Waals surface area (Å²) in [6, 6.07) is 16.9. The van der Waals surface area contributed by atoms with E-state index in [1.54, 1.807) is 0 Å². The van der Waals surface area contributed by atoms with E-state index in [-0.39, 0.29) is 6.10 Å². The van der Waals surface area contributed by atoms with E-state index >= 15 is 0 Å². The minimum absolute atomic E-state index is 0.147. The predicted molar refractivity (Wildman–Crippen MR) is 206 cm³/mol. The summed E-state index contributed by atoms with van der Waals surface area (Å²) in [6.07, 6.45) is 24.8. The van der Waals surface area contributed by atoms with Crippen LogP contribution in [-0.2, 0) is 9.47 Å². The molecular weight excluding hydrogens is 592 g/mol. The fourth-order valence-electron chi connectivity index (χ4n) is 5.99. The van der Waals surface area contributed by atoms with Gasteiger partial charge in [-0.15, -0.1) is 0 Å². The maximum absolute atomic E-state index is 6.28. The molecule has 0 aliphatic carbocycles. The second-order valence-electron chi connectivity index (χ2n) is 14.3. The molecule has 2 aromatic rings. The van der Waals surface area contributed by atoms with Crippen LogP contribution < -0.4 is 9.47 Å². The first-order valence-corrected chi connectivity index (χ1v) is 20.2. The Kier molecular flexibility index (Phi) is 25.2. The molecule has 0 aliphatic heterocycles. The van der Waals surface area contributed by atoms with E-state index in [9.17, 15) is 0 Å². The first kappa shape index (κ1) is 42.1. The van der Waals surface area contributed by atoms with Crippen molar-refractivity contribution < 1.29 is 18.9 Å². The summed E-state index contributed by atoms with van der Waals surface area (Å²) in [5.74, 6) is 2.90. The Morgan fingerprint density at radius 2 is 0.854 bits per heavy atom. The maximum Gasteiger partial charge on any atom is 0.119 e. The summed E-state index contributed by atoms with van der Waals surface area (Å²) in [7, 11) is 0. The molecule has 0 heterocycles. The number of benzene rings is 2. The van der Waals surface area contributed by atoms with Gasteiger partial charge in [-0.25, -0.2) is 0 Å². The normalized spacial score (nSPS) is 13.4. The molecule has 0 spiro atoms. The van der Waals surface area contributed by atoms with Crippen LogP contribution in [0, 0.1) is 11.8 Å². The van der Waals surface area contributed by atoms with Gasteiger partial charge in [-0.1, -0.05) is 142 Å². The molecule has 0 saturated carbocycles. The zero-order chi connectivity index (χ0) is 34.5. The highest BCUT2D eigenvalue weighted by Gasteiger charge is 2.14. The van der Waals surface area contributed by atoms with E-state index < -0.39 is 0 Å². The Morgan fingerprint density at radius 1 is 0.438 bits per heavy atom. The van der Waals surface area contributed by atoms with Crippen molar-refractivity contribution in [2.75, 3.05) is 33.0 Å². The number of hydrogen-bond acceptors (Lipinski definition) is 4. The third-order valence-electron chi connectivity index (χ3n) is 9.80. The van der Waals surface area contributed by atoms with Crippen LogP contribution in [0.5, 0.6) is 11.5 Å². The van der Waals surface area contributed by atoms with E-state index in [0.717, 1.165) is 63.8 Å². The third kappa shape index (κ3) is 21.1. The lowest BCUT2D eigenvalue weighted by Gasteiger charge is -2.21. The van der Waals surface area contributed by atoms with Crippen LogP contribution in [0.1, 0.15) is 157 Å². The molecule has 0 aliphatic rings. The van der Waals surface area contributed by atoms with Crippen molar-refractivity contribution in [2.45, 2.75) is 163 Å². The number of rotatable bonds is 32. The SMILES string of the molecule is CCCCCCCCCCOCCC(C)CCOc1ccc(-c2ccc(OC(C)C(C)CCOCCCCCCCCCC)cc2)cc1. The van der Waals surface area contributed by atoms with Crippen molar-refractivity contribution in [1.82, 2.24) is 0 Å². The Labute approximate surface area is 297 Å². The second kappa shape index (κ2) is 28.8. The summed E-state index contributed by atoms with van der Waals surface area (Å²) >= 11 is 0. The molecule has 0 bridgehead atoms. The van der Waals surface area contributed by atoms with E-state index in [1.807, 2.05) is 0 Å². The van der Waals surface area contributed by atoms with Crippen molar-refractivity contribution in [3.05, 3.63) is 48.5 Å². The predicted octanol–water partition coefficient (Wildman–Crippen LogP) is 13.3. The number of hydrogen-bond donors (Lipinski definition) is 0. The molecule has 3 atom stereocenters. The molecule has 0 amide bonds. The average Bonchev–Trinajstić information content (AvgIpc) is 3.10. The van der Waals surface area contributed by atoms with Crippen molar-refractivity contribution in [1.29, 1.82) is 0 Å². The Hall–Kier alpha value is -2.04. The summed E-state index contributed by atoms with van der Waals surface area (Å²) in [5, 5.41) is 0. The highest BCUT2D eigenvalue weighted by atomic mass is 16.5. The van der Waals surface area contributed by atoms with E-state index in [2.05, 4.69) is 83.1 Å². The summed E-state index contributed by atoms with van der Waals surface area (Å²) in [6.45, 7) is 15.5. The molecule has 0 N–H and O–H groups in total. The molecule has 3 unspecified atom stereocenters. The molecule has 2 rings (SSSR count). The van der Waals surface area contributed by atoms with Gasteiger partial charge in [0.05, 0.1) is 12.7 Å². The van der Waals surface area contributed by atoms with E-state index in [1.165, 1.54) is 114 Å². The van der Waals surface area contributed by atoms with Gasteiger partial charge in [-0.2, -0.15) is 0 Å². The van der Waals surface area contributed by atoms with Crippen LogP contribution in [0.2, 0.25) is 0 Å². The molecule has 48 heavy (non-hydrogen) atoms. The van der Waals surface area contributed by atoms with Crippen LogP contribution in [0.25, 0.3) is 11.1 Å². The molecule has 0 radical (unpaired) electrons. The van der Waals surface area contributed by atoms with Crippen molar-refractivity contribution in [3.8, 4) is 22.6 Å². The standard InChI is InChI=1S/C44H74O4/c1-6-8-10-12-14-16-18-20-33-45-35-30-38(3)31-37-47-43-26-22-41(23-27-43)42-24-28-44(29-25-42)48-40(5)39(4)32-36-46-34-21-19-17-15-13-11-9-7-2/h22-29,38-40H,6-21,30-37H2,1-5H3. The van der Waals surface area contributed by atoms with Crippen LogP contribution in [0.15, 0.2) is 48.5 Å². The first-order valence-electron chi connectivity index (χ1n) is 20.2. The minimum Gasteiger partial charge on any atom is -0.494 e. The van der Waals surface area contributed by atoms with Gasteiger partial charge in [0.2, 0.25) is 0 Å². The van der Waals surface area contributed by atoms with Gasteiger partial charge in [-0.3, -0.25) is 0 Å². The van der Waals surface area contributed by atoms with Crippen molar-refractivity contribution >= 4 is 0 Å². The Bertz CT molecular complexity index is 972. The zero-order valence-electron chi connectivity index (χ0n) is 32.0. The molecule has 0 fully saturated rings. The lowest BCUT2D eigenvalue weighted by atomic mass is 10.0. The molecule has 274 valence electrons. The van der Waals surface area contributed by atoms with Gasteiger partial charge in [0.1, 0.15) is 11.5 Å². The monoisotopic (exact) mass is 667 g/mol. The summed E-state index contributed by atoms with van der Waals surface area (Å²) < 4.78 is 24.2. The van der Waals surface area contributed by atoms with Gasteiger partial charge in [0.15, 0.2) is 0 Å². The number of ether oxygens (including phenoxy) is 4. The van der Waals surface area contributed by atoms with Gasteiger partial charge in [0, 0.05) is 26.4 Å². The van der Waals surface area contributed by atoms with Crippen LogP contribution >= 0.6 is 0 Å². The zero-order valence-corrected chi connectivity index (χ0v) is 32.0. The van der Waals surface area contributed by atoms with Gasteiger partial charge in [0.25, 0.3) is 0 Å². The molecule has 4 nitrogen and oxygen atoms in total. The first-order chi connectivity index (χ1) is 23.5. The topological polar surface area (TPSA) is 36.9 Å². The van der Waals surface area contributed by atoms with Crippen molar-refractivity contribution in [2.24, 2.45) is 11.8 Å². The van der Waals surface area contributed by atoms with Crippen LogP contribution in [0.3, 0.4) is 0 Å².